The van der Waals surface area contributed by atoms with E-state index in [1.54, 1.807) is 6.07 Å². The number of ether oxygens (including phenoxy) is 2. The highest BCUT2D eigenvalue weighted by molar-refractivity contribution is 7.89. The van der Waals surface area contributed by atoms with Crippen molar-refractivity contribution in [3.05, 3.63) is 47.2 Å². The molecule has 4 rings (SSSR count). The molecule has 0 fully saturated rings. The smallest absolute Gasteiger partial charge is 0.242 e. The maximum absolute atomic E-state index is 12.6. The van der Waals surface area contributed by atoms with Crippen molar-refractivity contribution in [2.24, 2.45) is 0 Å². The summed E-state index contributed by atoms with van der Waals surface area (Å²) < 4.78 is 38.3. The van der Waals surface area contributed by atoms with Crippen LogP contribution < -0.4 is 14.2 Å². The lowest BCUT2D eigenvalue weighted by Crippen LogP contribution is -2.25. The van der Waals surface area contributed by atoms with Crippen LogP contribution in [0.1, 0.15) is 5.56 Å². The lowest BCUT2D eigenvalue weighted by Gasteiger charge is -2.07. The van der Waals surface area contributed by atoms with Gasteiger partial charge in [-0.05, 0) is 30.2 Å². The molecule has 2 N–H and O–H groups in total. The zero-order valence-electron chi connectivity index (χ0n) is 13.0. The summed E-state index contributed by atoms with van der Waals surface area (Å²) in [6, 6.07) is 7.11. The molecule has 1 aliphatic heterocycles. The Morgan fingerprint density at radius 1 is 1.24 bits per heavy atom. The van der Waals surface area contributed by atoms with Gasteiger partial charge in [0.25, 0.3) is 0 Å². The average molecular weight is 380 g/mol. The maximum Gasteiger partial charge on any atom is 0.242 e. The van der Waals surface area contributed by atoms with E-state index in [1.807, 2.05) is 18.2 Å². The second-order valence-electron chi connectivity index (χ2n) is 5.50. The highest BCUT2D eigenvalue weighted by atomic mass is 35.5. The van der Waals surface area contributed by atoms with Crippen LogP contribution in [0.2, 0.25) is 5.02 Å². The number of H-pyrrole nitrogens is 1. The Bertz CT molecular complexity index is 1050. The summed E-state index contributed by atoms with van der Waals surface area (Å²) in [4.78, 5) is 6.99. The van der Waals surface area contributed by atoms with E-state index in [1.165, 1.54) is 12.4 Å². The van der Waals surface area contributed by atoms with Gasteiger partial charge in [0, 0.05) is 18.9 Å². The van der Waals surface area contributed by atoms with Crippen LogP contribution >= 0.6 is 11.6 Å². The minimum absolute atomic E-state index is 0.0892. The monoisotopic (exact) mass is 379 g/mol. The van der Waals surface area contributed by atoms with Gasteiger partial charge in [0.15, 0.2) is 11.5 Å². The minimum atomic E-state index is -3.71. The molecule has 0 radical (unpaired) electrons. The van der Waals surface area contributed by atoms with Crippen LogP contribution in [0.5, 0.6) is 11.5 Å². The molecule has 130 valence electrons. The van der Waals surface area contributed by atoms with E-state index in [0.29, 0.717) is 34.0 Å². The lowest BCUT2D eigenvalue weighted by atomic mass is 10.1. The Labute approximate surface area is 149 Å². The Balaban J connectivity index is 1.50. The molecule has 0 atom stereocenters. The van der Waals surface area contributed by atoms with Crippen LogP contribution in [0.4, 0.5) is 0 Å². The molecule has 1 aliphatic rings. The van der Waals surface area contributed by atoms with Gasteiger partial charge in [-0.2, -0.15) is 0 Å². The van der Waals surface area contributed by atoms with E-state index in [2.05, 4.69) is 14.7 Å². The van der Waals surface area contributed by atoms with Crippen molar-refractivity contribution < 1.29 is 17.9 Å². The van der Waals surface area contributed by atoms with Gasteiger partial charge in [-0.3, -0.25) is 0 Å². The molecular formula is C16H14ClN3O4S. The molecule has 9 heteroatoms. The predicted octanol–water partition coefficient (Wildman–Crippen LogP) is 2.47. The van der Waals surface area contributed by atoms with E-state index in [-0.39, 0.29) is 18.2 Å². The first-order valence-electron chi connectivity index (χ1n) is 7.54. The molecule has 0 spiro atoms. The predicted molar refractivity (Wildman–Crippen MR) is 92.6 cm³/mol. The topological polar surface area (TPSA) is 93.3 Å². The maximum atomic E-state index is 12.6. The van der Waals surface area contributed by atoms with Crippen molar-refractivity contribution >= 4 is 32.7 Å². The average Bonchev–Trinajstić information content (AvgIpc) is 3.21. The quantitative estimate of drug-likeness (QED) is 0.710. The standard InChI is InChI=1S/C16H14ClN3O4S/c17-11-4-5-18-16-15(11)14(8-19-16)25(21,22)20-6-3-10-1-2-12-13(7-10)24-9-23-12/h1-2,4-5,7-8,20H,3,6,9H2,(H,18,19). The summed E-state index contributed by atoms with van der Waals surface area (Å²) in [5.74, 6) is 1.38. The third kappa shape index (κ3) is 3.04. The lowest BCUT2D eigenvalue weighted by molar-refractivity contribution is 0.174. The highest BCUT2D eigenvalue weighted by Crippen LogP contribution is 2.32. The van der Waals surface area contributed by atoms with Crippen molar-refractivity contribution in [3.63, 3.8) is 0 Å². The first kappa shape index (κ1) is 16.2. The molecule has 3 aromatic rings. The van der Waals surface area contributed by atoms with Crippen molar-refractivity contribution in [3.8, 4) is 11.5 Å². The number of nitrogens with zero attached hydrogens (tertiary/aromatic N) is 1. The third-order valence-corrected chi connectivity index (χ3v) is 5.72. The summed E-state index contributed by atoms with van der Waals surface area (Å²) in [7, 11) is -3.71. The molecule has 0 aliphatic carbocycles. The second kappa shape index (κ2) is 6.21. The molecule has 1 aromatic carbocycles. The van der Waals surface area contributed by atoms with E-state index in [4.69, 9.17) is 21.1 Å². The summed E-state index contributed by atoms with van der Waals surface area (Å²) in [6.07, 6.45) is 3.43. The molecule has 0 saturated carbocycles. The third-order valence-electron chi connectivity index (χ3n) is 3.92. The fraction of sp³-hybridized carbons (Fsp3) is 0.188. The van der Waals surface area contributed by atoms with Gasteiger partial charge in [-0.25, -0.2) is 18.1 Å². The number of fused-ring (bicyclic) bond motifs is 2. The fourth-order valence-corrected chi connectivity index (χ4v) is 4.22. The van der Waals surface area contributed by atoms with Gasteiger partial charge in [0.2, 0.25) is 16.8 Å². The first-order valence-corrected chi connectivity index (χ1v) is 9.40. The summed E-state index contributed by atoms with van der Waals surface area (Å²) in [5.41, 5.74) is 1.38. The highest BCUT2D eigenvalue weighted by Gasteiger charge is 2.21. The number of hydrogen-bond donors (Lipinski definition) is 2. The van der Waals surface area contributed by atoms with Crippen molar-refractivity contribution in [2.75, 3.05) is 13.3 Å². The molecule has 0 saturated heterocycles. The van der Waals surface area contributed by atoms with Crippen LogP contribution in [0, 0.1) is 0 Å². The van der Waals surface area contributed by atoms with Crippen LogP contribution in [-0.4, -0.2) is 31.7 Å². The Morgan fingerprint density at radius 3 is 2.96 bits per heavy atom. The van der Waals surface area contributed by atoms with Gasteiger partial charge in [-0.15, -0.1) is 0 Å². The van der Waals surface area contributed by atoms with Crippen molar-refractivity contribution in [2.45, 2.75) is 11.3 Å². The molecular weight excluding hydrogens is 366 g/mol. The largest absolute Gasteiger partial charge is 0.454 e. The Hall–Kier alpha value is -2.29. The normalized spacial score (nSPS) is 13.5. The number of aromatic amines is 1. The summed E-state index contributed by atoms with van der Waals surface area (Å²) >= 11 is 6.12. The van der Waals surface area contributed by atoms with Gasteiger partial charge >= 0.3 is 0 Å². The van der Waals surface area contributed by atoms with E-state index in [0.717, 1.165) is 5.56 Å². The minimum Gasteiger partial charge on any atom is -0.454 e. The number of benzene rings is 1. The van der Waals surface area contributed by atoms with Crippen LogP contribution in [0.15, 0.2) is 41.6 Å². The number of sulfonamides is 1. The fourth-order valence-electron chi connectivity index (χ4n) is 2.70. The van der Waals surface area contributed by atoms with Crippen molar-refractivity contribution in [1.82, 2.24) is 14.7 Å². The molecule has 25 heavy (non-hydrogen) atoms. The van der Waals surface area contributed by atoms with Gasteiger partial charge in [-0.1, -0.05) is 17.7 Å². The second-order valence-corrected chi connectivity index (χ2v) is 7.65. The van der Waals surface area contributed by atoms with E-state index < -0.39 is 10.0 Å². The SMILES string of the molecule is O=S(=O)(NCCc1ccc2c(c1)OCO2)c1c[nH]c2nccc(Cl)c12. The van der Waals surface area contributed by atoms with Crippen molar-refractivity contribution in [1.29, 1.82) is 0 Å². The number of hydrogen-bond acceptors (Lipinski definition) is 5. The zero-order chi connectivity index (χ0) is 17.4. The zero-order valence-corrected chi connectivity index (χ0v) is 14.5. The van der Waals surface area contributed by atoms with Crippen LogP contribution in [0.25, 0.3) is 11.0 Å². The Kier molecular flexibility index (Phi) is 4.03. The first-order chi connectivity index (χ1) is 12.0. The van der Waals surface area contributed by atoms with Gasteiger partial charge < -0.3 is 14.5 Å². The molecule has 0 unspecified atom stereocenters. The van der Waals surface area contributed by atoms with E-state index in [9.17, 15) is 8.42 Å². The summed E-state index contributed by atoms with van der Waals surface area (Å²) in [5, 5.41) is 0.724. The van der Waals surface area contributed by atoms with Crippen LogP contribution in [-0.2, 0) is 16.4 Å². The molecule has 2 aromatic heterocycles. The van der Waals surface area contributed by atoms with Gasteiger partial charge in [0.1, 0.15) is 10.5 Å². The summed E-state index contributed by atoms with van der Waals surface area (Å²) in [6.45, 7) is 0.452. The number of aromatic nitrogens is 2. The molecule has 0 amide bonds. The number of halogens is 1. The van der Waals surface area contributed by atoms with Gasteiger partial charge in [0.05, 0.1) is 10.4 Å². The van der Waals surface area contributed by atoms with Crippen LogP contribution in [0.3, 0.4) is 0 Å². The molecule has 7 nitrogen and oxygen atoms in total. The number of pyridine rings is 1. The Morgan fingerprint density at radius 2 is 2.08 bits per heavy atom. The molecule has 3 heterocycles. The number of nitrogens with one attached hydrogen (secondary N) is 2. The number of rotatable bonds is 5. The van der Waals surface area contributed by atoms with E-state index >= 15 is 0 Å². The molecule has 0 bridgehead atoms.